The van der Waals surface area contributed by atoms with Gasteiger partial charge in [0.1, 0.15) is 0 Å². The van der Waals surface area contributed by atoms with E-state index in [9.17, 15) is 14.4 Å². The van der Waals surface area contributed by atoms with E-state index in [4.69, 9.17) is 0 Å². The first kappa shape index (κ1) is 20.5. The molecule has 7 nitrogen and oxygen atoms in total. The van der Waals surface area contributed by atoms with Gasteiger partial charge < -0.3 is 15.2 Å². The number of aromatic amines is 1. The molecule has 33 heavy (non-hydrogen) atoms. The molecule has 4 aromatic rings. The molecule has 0 atom stereocenters. The molecule has 3 aromatic carbocycles. The monoisotopic (exact) mass is 438 g/mol. The van der Waals surface area contributed by atoms with Crippen molar-refractivity contribution in [3.63, 3.8) is 0 Å². The van der Waals surface area contributed by atoms with Crippen LogP contribution in [0.5, 0.6) is 0 Å². The van der Waals surface area contributed by atoms with Crippen LogP contribution in [0.4, 0.5) is 11.4 Å². The lowest BCUT2D eigenvalue weighted by Gasteiger charge is -2.17. The molecule has 1 aliphatic rings. The molecule has 7 heteroatoms. The van der Waals surface area contributed by atoms with Crippen molar-refractivity contribution < 1.29 is 9.59 Å². The molecule has 2 amide bonds. The van der Waals surface area contributed by atoms with Crippen LogP contribution in [0.3, 0.4) is 0 Å². The van der Waals surface area contributed by atoms with E-state index in [-0.39, 0.29) is 17.5 Å². The van der Waals surface area contributed by atoms with Gasteiger partial charge in [-0.1, -0.05) is 18.2 Å². The second-order valence-electron chi connectivity index (χ2n) is 7.98. The molecule has 1 aliphatic heterocycles. The number of anilines is 2. The summed E-state index contributed by atoms with van der Waals surface area (Å²) in [7, 11) is 0. The van der Waals surface area contributed by atoms with Crippen molar-refractivity contribution in [2.45, 2.75) is 13.3 Å². The molecule has 5 rings (SSSR count). The number of H-pyrrole nitrogens is 1. The van der Waals surface area contributed by atoms with Gasteiger partial charge in [-0.2, -0.15) is 0 Å². The number of amides is 2. The van der Waals surface area contributed by atoms with E-state index < -0.39 is 0 Å². The number of hydrogen-bond acceptors (Lipinski definition) is 3. The normalized spacial score (nSPS) is 12.5. The van der Waals surface area contributed by atoms with Crippen molar-refractivity contribution in [2.75, 3.05) is 16.8 Å². The largest absolute Gasteiger partial charge is 0.330 e. The Morgan fingerprint density at radius 3 is 2.30 bits per heavy atom. The van der Waals surface area contributed by atoms with Gasteiger partial charge in [-0.25, -0.2) is 4.79 Å². The van der Waals surface area contributed by atoms with Crippen molar-refractivity contribution in [1.29, 1.82) is 0 Å². The highest BCUT2D eigenvalue weighted by molar-refractivity contribution is 6.08. The highest BCUT2D eigenvalue weighted by Gasteiger charge is 2.25. The topological polar surface area (TPSA) is 87.2 Å². The van der Waals surface area contributed by atoms with Gasteiger partial charge in [0.05, 0.1) is 5.69 Å². The Morgan fingerprint density at radius 1 is 0.909 bits per heavy atom. The Morgan fingerprint density at radius 2 is 1.61 bits per heavy atom. The van der Waals surface area contributed by atoms with Gasteiger partial charge in [-0.05, 0) is 73.5 Å². The maximum Gasteiger partial charge on any atom is 0.330 e. The number of para-hydroxylation sites is 1. The summed E-state index contributed by atoms with van der Waals surface area (Å²) in [5.41, 5.74) is 5.01. The van der Waals surface area contributed by atoms with Crippen LogP contribution >= 0.6 is 0 Å². The quantitative estimate of drug-likeness (QED) is 0.506. The predicted molar refractivity (Wildman–Crippen MR) is 127 cm³/mol. The first-order valence-electron chi connectivity index (χ1n) is 10.7. The third-order valence-electron chi connectivity index (χ3n) is 5.87. The van der Waals surface area contributed by atoms with Crippen LogP contribution in [-0.4, -0.2) is 27.9 Å². The fourth-order valence-electron chi connectivity index (χ4n) is 4.14. The van der Waals surface area contributed by atoms with Gasteiger partial charge >= 0.3 is 5.69 Å². The van der Waals surface area contributed by atoms with Crippen molar-refractivity contribution in [2.24, 2.45) is 0 Å². The Hall–Kier alpha value is -4.39. The van der Waals surface area contributed by atoms with Crippen LogP contribution in [0.25, 0.3) is 5.69 Å². The number of benzene rings is 3. The summed E-state index contributed by atoms with van der Waals surface area (Å²) in [6.45, 7) is 2.50. The predicted octanol–water partition coefficient (Wildman–Crippen LogP) is 3.93. The van der Waals surface area contributed by atoms with Gasteiger partial charge in [-0.15, -0.1) is 0 Å². The number of carbonyl (C=O) groups is 2. The summed E-state index contributed by atoms with van der Waals surface area (Å²) in [5.74, 6) is -0.323. The number of aryl methyl sites for hydroxylation is 1. The molecule has 0 bridgehead atoms. The molecular weight excluding hydrogens is 416 g/mol. The summed E-state index contributed by atoms with van der Waals surface area (Å²) in [6, 6.07) is 21.6. The van der Waals surface area contributed by atoms with E-state index in [0.717, 1.165) is 17.8 Å². The minimum Gasteiger partial charge on any atom is -0.322 e. The van der Waals surface area contributed by atoms with Crippen molar-refractivity contribution >= 4 is 23.2 Å². The smallest absolute Gasteiger partial charge is 0.322 e. The van der Waals surface area contributed by atoms with Crippen molar-refractivity contribution in [1.82, 2.24) is 9.55 Å². The SMILES string of the molecule is Cc1c[nH]c(=O)n1-c1ccc(C(=O)Nc2ccc(C(=O)N3CCc4ccccc43)cc2)cc1. The lowest BCUT2D eigenvalue weighted by Crippen LogP contribution is -2.28. The van der Waals surface area contributed by atoms with Gasteiger partial charge in [0.15, 0.2) is 0 Å². The second-order valence-corrected chi connectivity index (χ2v) is 7.98. The molecule has 0 fully saturated rings. The van der Waals surface area contributed by atoms with Crippen LogP contribution in [0, 0.1) is 6.92 Å². The summed E-state index contributed by atoms with van der Waals surface area (Å²) in [5, 5.41) is 2.85. The first-order chi connectivity index (χ1) is 16.0. The molecule has 2 heterocycles. The van der Waals surface area contributed by atoms with Gasteiger partial charge in [0, 0.05) is 40.9 Å². The number of fused-ring (bicyclic) bond motifs is 1. The second kappa shape index (κ2) is 8.27. The summed E-state index contributed by atoms with van der Waals surface area (Å²) < 4.78 is 1.54. The molecule has 0 aliphatic carbocycles. The third kappa shape index (κ3) is 3.85. The number of nitrogens with zero attached hydrogens (tertiary/aromatic N) is 2. The molecule has 0 spiro atoms. The van der Waals surface area contributed by atoms with E-state index in [2.05, 4.69) is 10.3 Å². The average molecular weight is 438 g/mol. The lowest BCUT2D eigenvalue weighted by atomic mass is 10.1. The highest BCUT2D eigenvalue weighted by atomic mass is 16.2. The average Bonchev–Trinajstić information content (AvgIpc) is 3.42. The number of hydrogen-bond donors (Lipinski definition) is 2. The van der Waals surface area contributed by atoms with E-state index in [0.29, 0.717) is 29.0 Å². The minimum atomic E-state index is -0.271. The van der Waals surface area contributed by atoms with Crippen LogP contribution in [-0.2, 0) is 6.42 Å². The maximum absolute atomic E-state index is 13.0. The van der Waals surface area contributed by atoms with Gasteiger partial charge in [-0.3, -0.25) is 14.2 Å². The van der Waals surface area contributed by atoms with Gasteiger partial charge in [0.25, 0.3) is 11.8 Å². The minimum absolute atomic E-state index is 0.0521. The number of imidazole rings is 1. The van der Waals surface area contributed by atoms with Crippen molar-refractivity contribution in [3.8, 4) is 5.69 Å². The number of nitrogens with one attached hydrogen (secondary N) is 2. The Labute approximate surface area is 190 Å². The Bertz CT molecular complexity index is 1400. The zero-order valence-electron chi connectivity index (χ0n) is 18.0. The molecule has 0 saturated heterocycles. The standard InChI is InChI=1S/C26H22N4O3/c1-17-16-27-26(33)30(17)22-12-8-19(9-13-22)24(31)28-21-10-6-20(7-11-21)25(32)29-15-14-18-4-2-3-5-23(18)29/h2-13,16H,14-15H2,1H3,(H,27,33)(H,28,31). The summed E-state index contributed by atoms with van der Waals surface area (Å²) in [4.78, 5) is 42.0. The summed E-state index contributed by atoms with van der Waals surface area (Å²) in [6.07, 6.45) is 2.49. The van der Waals surface area contributed by atoms with E-state index in [1.807, 2.05) is 31.2 Å². The van der Waals surface area contributed by atoms with Crippen molar-refractivity contribution in [3.05, 3.63) is 112 Å². The van der Waals surface area contributed by atoms with Crippen LogP contribution in [0.15, 0.2) is 83.8 Å². The Balaban J connectivity index is 1.27. The van der Waals surface area contributed by atoms with E-state index in [1.165, 1.54) is 10.1 Å². The first-order valence-corrected chi connectivity index (χ1v) is 10.7. The van der Waals surface area contributed by atoms with E-state index >= 15 is 0 Å². The van der Waals surface area contributed by atoms with Crippen LogP contribution < -0.4 is 15.9 Å². The molecule has 0 radical (unpaired) electrons. The number of aromatic nitrogens is 2. The fraction of sp³-hybridized carbons (Fsp3) is 0.115. The van der Waals surface area contributed by atoms with Gasteiger partial charge in [0.2, 0.25) is 0 Å². The zero-order chi connectivity index (χ0) is 22.9. The number of carbonyl (C=O) groups excluding carboxylic acids is 2. The van der Waals surface area contributed by atoms with Crippen LogP contribution in [0.1, 0.15) is 32.0 Å². The molecule has 0 saturated carbocycles. The Kier molecular flexibility index (Phi) is 5.14. The third-order valence-corrected chi connectivity index (χ3v) is 5.87. The van der Waals surface area contributed by atoms with E-state index in [1.54, 1.807) is 59.6 Å². The molecule has 164 valence electrons. The summed E-state index contributed by atoms with van der Waals surface area (Å²) >= 11 is 0. The molecule has 1 aromatic heterocycles. The molecular formula is C26H22N4O3. The lowest BCUT2D eigenvalue weighted by molar-refractivity contribution is 0.0988. The molecule has 0 unspecified atom stereocenters. The highest BCUT2D eigenvalue weighted by Crippen LogP contribution is 2.29. The number of rotatable bonds is 4. The van der Waals surface area contributed by atoms with Crippen LogP contribution in [0.2, 0.25) is 0 Å². The molecule has 2 N–H and O–H groups in total. The maximum atomic E-state index is 13.0. The fourth-order valence-corrected chi connectivity index (χ4v) is 4.14. The zero-order valence-corrected chi connectivity index (χ0v) is 18.0.